The Morgan fingerprint density at radius 3 is 2.76 bits per heavy atom. The van der Waals surface area contributed by atoms with Crippen LogP contribution in [0.1, 0.15) is 30.3 Å². The Kier molecular flexibility index (Phi) is 4.14. The Labute approximate surface area is 146 Å². The summed E-state index contributed by atoms with van der Waals surface area (Å²) in [6.45, 7) is 0.444. The van der Waals surface area contributed by atoms with E-state index in [1.54, 1.807) is 7.11 Å². The van der Waals surface area contributed by atoms with Crippen LogP contribution in [0.3, 0.4) is 0 Å². The van der Waals surface area contributed by atoms with Gasteiger partial charge in [0.15, 0.2) is 0 Å². The lowest BCUT2D eigenvalue weighted by Crippen LogP contribution is -2.26. The summed E-state index contributed by atoms with van der Waals surface area (Å²) >= 11 is 0. The van der Waals surface area contributed by atoms with Crippen LogP contribution >= 0.6 is 0 Å². The van der Waals surface area contributed by atoms with Crippen molar-refractivity contribution in [2.24, 2.45) is 0 Å². The quantitative estimate of drug-likeness (QED) is 0.752. The zero-order chi connectivity index (χ0) is 17.2. The molecule has 0 aliphatic heterocycles. The van der Waals surface area contributed by atoms with Crippen molar-refractivity contribution in [3.05, 3.63) is 59.9 Å². The van der Waals surface area contributed by atoms with Crippen LogP contribution in [0, 0.1) is 0 Å². The predicted molar refractivity (Wildman–Crippen MR) is 96.5 cm³/mol. The van der Waals surface area contributed by atoms with Gasteiger partial charge in [-0.1, -0.05) is 30.3 Å². The largest absolute Gasteiger partial charge is 0.496 e. The average molecular weight is 335 g/mol. The number of rotatable bonds is 6. The van der Waals surface area contributed by atoms with E-state index in [0.717, 1.165) is 28.2 Å². The van der Waals surface area contributed by atoms with Gasteiger partial charge in [0, 0.05) is 11.6 Å². The third-order valence-electron chi connectivity index (χ3n) is 4.57. The second-order valence-electron chi connectivity index (χ2n) is 6.38. The first-order valence-corrected chi connectivity index (χ1v) is 8.60. The molecule has 0 spiro atoms. The molecular formula is C20H21N3O2. The van der Waals surface area contributed by atoms with E-state index in [1.807, 2.05) is 42.5 Å². The lowest BCUT2D eigenvalue weighted by Gasteiger charge is -2.10. The van der Waals surface area contributed by atoms with Gasteiger partial charge in [0.05, 0.1) is 31.1 Å². The van der Waals surface area contributed by atoms with E-state index in [4.69, 9.17) is 9.72 Å². The number of carbonyl (C=O) groups excluding carboxylic acids is 1. The smallest absolute Gasteiger partial charge is 0.224 e. The van der Waals surface area contributed by atoms with E-state index in [2.05, 4.69) is 16.0 Å². The van der Waals surface area contributed by atoms with Crippen LogP contribution < -0.4 is 10.1 Å². The van der Waals surface area contributed by atoms with Gasteiger partial charge in [-0.2, -0.15) is 0 Å². The summed E-state index contributed by atoms with van der Waals surface area (Å²) in [5, 5.41) is 3.00. The third kappa shape index (κ3) is 3.22. The molecule has 1 heterocycles. The molecule has 0 bridgehead atoms. The van der Waals surface area contributed by atoms with E-state index in [0.29, 0.717) is 19.0 Å². The van der Waals surface area contributed by atoms with Crippen molar-refractivity contribution in [3.8, 4) is 5.75 Å². The van der Waals surface area contributed by atoms with Crippen molar-refractivity contribution in [1.82, 2.24) is 14.9 Å². The van der Waals surface area contributed by atoms with Gasteiger partial charge in [0.2, 0.25) is 5.91 Å². The topological polar surface area (TPSA) is 56.1 Å². The Bertz CT molecular complexity index is 912. The molecule has 128 valence electrons. The number of benzene rings is 2. The fourth-order valence-electron chi connectivity index (χ4n) is 3.22. The summed E-state index contributed by atoms with van der Waals surface area (Å²) in [5.41, 5.74) is 3.03. The standard InChI is InChI=1S/C20H21N3O2/c1-25-18-9-5-2-6-14(18)12-20(24)21-13-19-22-16-7-3-4-8-17(16)23(19)15-10-11-15/h2-9,15H,10-13H2,1H3,(H,21,24). The number of methoxy groups -OCH3 is 1. The van der Waals surface area contributed by atoms with Gasteiger partial charge in [-0.05, 0) is 31.0 Å². The molecule has 1 fully saturated rings. The minimum atomic E-state index is -0.0288. The molecule has 0 saturated heterocycles. The zero-order valence-corrected chi connectivity index (χ0v) is 14.2. The van der Waals surface area contributed by atoms with Crippen LogP contribution in [-0.4, -0.2) is 22.6 Å². The molecule has 3 aromatic rings. The summed E-state index contributed by atoms with van der Waals surface area (Å²) in [6, 6.07) is 16.3. The molecule has 1 aromatic heterocycles. The first kappa shape index (κ1) is 15.7. The second-order valence-corrected chi connectivity index (χ2v) is 6.38. The summed E-state index contributed by atoms with van der Waals surface area (Å²) < 4.78 is 7.59. The molecule has 0 atom stereocenters. The molecule has 4 rings (SSSR count). The van der Waals surface area contributed by atoms with Gasteiger partial charge in [-0.25, -0.2) is 4.98 Å². The summed E-state index contributed by atoms with van der Waals surface area (Å²) in [4.78, 5) is 17.1. The van der Waals surface area contributed by atoms with Crippen molar-refractivity contribution in [2.75, 3.05) is 7.11 Å². The monoisotopic (exact) mass is 335 g/mol. The molecule has 1 aliphatic rings. The van der Waals surface area contributed by atoms with Crippen molar-refractivity contribution >= 4 is 16.9 Å². The highest BCUT2D eigenvalue weighted by molar-refractivity contribution is 5.80. The summed E-state index contributed by atoms with van der Waals surface area (Å²) in [5.74, 6) is 1.64. The molecule has 1 amide bonds. The molecule has 0 unspecified atom stereocenters. The number of hydrogen-bond donors (Lipinski definition) is 1. The highest BCUT2D eigenvalue weighted by Gasteiger charge is 2.28. The zero-order valence-electron chi connectivity index (χ0n) is 14.2. The molecule has 25 heavy (non-hydrogen) atoms. The molecule has 1 N–H and O–H groups in total. The van der Waals surface area contributed by atoms with Gasteiger partial charge >= 0.3 is 0 Å². The van der Waals surface area contributed by atoms with Crippen molar-refractivity contribution < 1.29 is 9.53 Å². The maximum absolute atomic E-state index is 12.4. The van der Waals surface area contributed by atoms with Gasteiger partial charge in [-0.3, -0.25) is 4.79 Å². The van der Waals surface area contributed by atoms with E-state index in [-0.39, 0.29) is 5.91 Å². The maximum atomic E-state index is 12.4. The number of imidazole rings is 1. The molecular weight excluding hydrogens is 314 g/mol. The third-order valence-corrected chi connectivity index (χ3v) is 4.57. The predicted octanol–water partition coefficient (Wildman–Crippen LogP) is 3.24. The molecule has 5 nitrogen and oxygen atoms in total. The first-order chi connectivity index (χ1) is 12.3. The minimum Gasteiger partial charge on any atom is -0.496 e. The normalized spacial score (nSPS) is 13.8. The van der Waals surface area contributed by atoms with Crippen LogP contribution in [0.5, 0.6) is 5.75 Å². The molecule has 5 heteroatoms. The average Bonchev–Trinajstić information content (AvgIpc) is 3.40. The summed E-state index contributed by atoms with van der Waals surface area (Å²) in [7, 11) is 1.62. The van der Waals surface area contributed by atoms with Gasteiger partial charge in [0.25, 0.3) is 0 Å². The van der Waals surface area contributed by atoms with Gasteiger partial charge < -0.3 is 14.6 Å². The summed E-state index contributed by atoms with van der Waals surface area (Å²) in [6.07, 6.45) is 2.67. The number of para-hydroxylation sites is 3. The number of aromatic nitrogens is 2. The van der Waals surface area contributed by atoms with Crippen molar-refractivity contribution in [2.45, 2.75) is 31.8 Å². The fraction of sp³-hybridized carbons (Fsp3) is 0.300. The van der Waals surface area contributed by atoms with Crippen molar-refractivity contribution in [1.29, 1.82) is 0 Å². The fourth-order valence-corrected chi connectivity index (χ4v) is 3.22. The number of ether oxygens (including phenoxy) is 1. The van der Waals surface area contributed by atoms with Crippen molar-refractivity contribution in [3.63, 3.8) is 0 Å². The van der Waals surface area contributed by atoms with Crippen LogP contribution in [0.2, 0.25) is 0 Å². The maximum Gasteiger partial charge on any atom is 0.224 e. The number of hydrogen-bond acceptors (Lipinski definition) is 3. The lowest BCUT2D eigenvalue weighted by molar-refractivity contribution is -0.120. The molecule has 2 aromatic carbocycles. The van der Waals surface area contributed by atoms with Crippen LogP contribution in [0.15, 0.2) is 48.5 Å². The molecule has 0 radical (unpaired) electrons. The lowest BCUT2D eigenvalue weighted by atomic mass is 10.1. The molecule has 1 saturated carbocycles. The number of nitrogens with zero attached hydrogens (tertiary/aromatic N) is 2. The Balaban J connectivity index is 1.49. The van der Waals surface area contributed by atoms with E-state index >= 15 is 0 Å². The van der Waals surface area contributed by atoms with E-state index < -0.39 is 0 Å². The van der Waals surface area contributed by atoms with Crippen LogP contribution in [0.4, 0.5) is 0 Å². The van der Waals surface area contributed by atoms with Crippen LogP contribution in [0.25, 0.3) is 11.0 Å². The second kappa shape index (κ2) is 6.59. The highest BCUT2D eigenvalue weighted by Crippen LogP contribution is 2.38. The number of amides is 1. The van der Waals surface area contributed by atoms with Gasteiger partial charge in [-0.15, -0.1) is 0 Å². The SMILES string of the molecule is COc1ccccc1CC(=O)NCc1nc2ccccc2n1C1CC1. The minimum absolute atomic E-state index is 0.0288. The van der Waals surface area contributed by atoms with Crippen LogP contribution in [-0.2, 0) is 17.8 Å². The van der Waals surface area contributed by atoms with E-state index in [9.17, 15) is 4.79 Å². The first-order valence-electron chi connectivity index (χ1n) is 8.60. The number of fused-ring (bicyclic) bond motifs is 1. The van der Waals surface area contributed by atoms with E-state index in [1.165, 1.54) is 12.8 Å². The Morgan fingerprint density at radius 2 is 1.96 bits per heavy atom. The Morgan fingerprint density at radius 1 is 1.20 bits per heavy atom. The Hall–Kier alpha value is -2.82. The number of nitrogens with one attached hydrogen (secondary N) is 1. The highest BCUT2D eigenvalue weighted by atomic mass is 16.5. The molecule has 1 aliphatic carbocycles. The number of carbonyl (C=O) groups is 1. The van der Waals surface area contributed by atoms with Gasteiger partial charge in [0.1, 0.15) is 11.6 Å².